The highest BCUT2D eigenvalue weighted by molar-refractivity contribution is 6.10. The second-order valence-corrected chi connectivity index (χ2v) is 6.45. The van der Waals surface area contributed by atoms with Crippen LogP contribution < -0.4 is 15.8 Å². The summed E-state index contributed by atoms with van der Waals surface area (Å²) in [5, 5.41) is 0. The van der Waals surface area contributed by atoms with Crippen molar-refractivity contribution in [1.29, 1.82) is 0 Å². The van der Waals surface area contributed by atoms with Gasteiger partial charge in [0.15, 0.2) is 0 Å². The van der Waals surface area contributed by atoms with E-state index < -0.39 is 0 Å². The zero-order chi connectivity index (χ0) is 16.7. The maximum atomic E-state index is 4.82. The summed E-state index contributed by atoms with van der Waals surface area (Å²) < 4.78 is 0. The van der Waals surface area contributed by atoms with E-state index in [-0.39, 0.29) is 12.0 Å². The van der Waals surface area contributed by atoms with Crippen LogP contribution in [0.1, 0.15) is 18.5 Å². The second-order valence-electron chi connectivity index (χ2n) is 6.45. The molecule has 2 aliphatic heterocycles. The van der Waals surface area contributed by atoms with Crippen LogP contribution in [0.5, 0.6) is 0 Å². The third-order valence-electron chi connectivity index (χ3n) is 4.62. The Morgan fingerprint density at radius 1 is 0.917 bits per heavy atom. The second kappa shape index (κ2) is 5.76. The Labute approximate surface area is 142 Å². The van der Waals surface area contributed by atoms with E-state index in [2.05, 4.69) is 61.0 Å². The molecule has 0 saturated carbocycles. The number of nitrogens with one attached hydrogen (secondary N) is 2. The minimum absolute atomic E-state index is 0.114. The molecule has 0 amide bonds. The number of fused-ring (bicyclic) bond motifs is 2. The summed E-state index contributed by atoms with van der Waals surface area (Å²) >= 11 is 0. The molecule has 2 aliphatic rings. The molecule has 2 unspecified atom stereocenters. The Balaban J connectivity index is 1.72. The van der Waals surface area contributed by atoms with Gasteiger partial charge in [-0.3, -0.25) is 4.99 Å². The van der Waals surface area contributed by atoms with E-state index in [4.69, 9.17) is 9.98 Å². The van der Waals surface area contributed by atoms with Crippen molar-refractivity contribution in [1.82, 2.24) is 10.9 Å². The molecule has 2 N–H and O–H groups in total. The van der Waals surface area contributed by atoms with Crippen molar-refractivity contribution in [2.75, 3.05) is 19.0 Å². The number of benzene rings is 2. The fourth-order valence-corrected chi connectivity index (χ4v) is 3.31. The number of anilines is 1. The van der Waals surface area contributed by atoms with Crippen LogP contribution in [0.15, 0.2) is 58.5 Å². The number of hydrazine groups is 1. The minimum atomic E-state index is 0.114. The van der Waals surface area contributed by atoms with Crippen molar-refractivity contribution >= 4 is 28.6 Å². The zero-order valence-electron chi connectivity index (χ0n) is 14.1. The first-order chi connectivity index (χ1) is 11.6. The Morgan fingerprint density at radius 2 is 1.58 bits per heavy atom. The van der Waals surface area contributed by atoms with Gasteiger partial charge in [0.1, 0.15) is 5.84 Å². The van der Waals surface area contributed by atoms with Crippen LogP contribution in [-0.4, -0.2) is 25.6 Å². The summed E-state index contributed by atoms with van der Waals surface area (Å²) in [5.74, 6) is 1.05. The Morgan fingerprint density at radius 3 is 2.25 bits per heavy atom. The van der Waals surface area contributed by atoms with Gasteiger partial charge in [0, 0.05) is 25.5 Å². The number of para-hydroxylation sites is 2. The number of aliphatic imine (C=N–C) groups is 2. The number of nitrogens with zero attached hydrogens (tertiary/aromatic N) is 3. The molecule has 0 aromatic heterocycles. The Kier molecular flexibility index (Phi) is 3.58. The van der Waals surface area contributed by atoms with Gasteiger partial charge in [-0.25, -0.2) is 10.4 Å². The van der Waals surface area contributed by atoms with Crippen LogP contribution in [0.4, 0.5) is 17.1 Å². The predicted molar refractivity (Wildman–Crippen MR) is 99.6 cm³/mol. The van der Waals surface area contributed by atoms with Crippen molar-refractivity contribution in [3.63, 3.8) is 0 Å². The molecular formula is C19H21N5. The average Bonchev–Trinajstić information content (AvgIpc) is 2.94. The lowest BCUT2D eigenvalue weighted by Gasteiger charge is -2.19. The summed E-state index contributed by atoms with van der Waals surface area (Å²) in [6.45, 7) is 2.08. The monoisotopic (exact) mass is 319 g/mol. The normalized spacial score (nSPS) is 21.8. The summed E-state index contributed by atoms with van der Waals surface area (Å²) in [6, 6.07) is 16.8. The van der Waals surface area contributed by atoms with Crippen LogP contribution in [0.25, 0.3) is 0 Å². The standard InChI is InChI=1S/C19H21N5/c1-12-17-18(13-8-10-14(11-9-13)24(2)3)22-23-19(17)21-16-7-5-4-6-15(16)20-12/h4-11,17-18,22H,1-3H3,(H,21,23). The van der Waals surface area contributed by atoms with Crippen LogP contribution >= 0.6 is 0 Å². The van der Waals surface area contributed by atoms with E-state index in [0.717, 1.165) is 22.9 Å². The van der Waals surface area contributed by atoms with Crippen LogP contribution in [0.3, 0.4) is 0 Å². The molecular weight excluding hydrogens is 298 g/mol. The fourth-order valence-electron chi connectivity index (χ4n) is 3.31. The highest BCUT2D eigenvalue weighted by Crippen LogP contribution is 2.36. The molecule has 4 rings (SSSR count). The number of rotatable bonds is 2. The average molecular weight is 319 g/mol. The molecule has 0 aliphatic carbocycles. The van der Waals surface area contributed by atoms with E-state index in [9.17, 15) is 0 Å². The van der Waals surface area contributed by atoms with Gasteiger partial charge in [0.05, 0.1) is 23.3 Å². The minimum Gasteiger partial charge on any atom is -0.378 e. The van der Waals surface area contributed by atoms with Crippen LogP contribution in [0.2, 0.25) is 0 Å². The summed E-state index contributed by atoms with van der Waals surface area (Å²) in [4.78, 5) is 11.7. The highest BCUT2D eigenvalue weighted by Gasteiger charge is 2.37. The van der Waals surface area contributed by atoms with Gasteiger partial charge in [-0.2, -0.15) is 0 Å². The molecule has 122 valence electrons. The molecule has 2 atom stereocenters. The summed E-state index contributed by atoms with van der Waals surface area (Å²) in [6.07, 6.45) is 0. The fraction of sp³-hybridized carbons (Fsp3) is 0.263. The summed E-state index contributed by atoms with van der Waals surface area (Å²) in [5.41, 5.74) is 12.0. The lowest BCUT2D eigenvalue weighted by Crippen LogP contribution is -2.27. The van der Waals surface area contributed by atoms with Crippen molar-refractivity contribution in [2.24, 2.45) is 15.9 Å². The Bertz CT molecular complexity index is 820. The molecule has 1 fully saturated rings. The van der Waals surface area contributed by atoms with Gasteiger partial charge in [0.2, 0.25) is 0 Å². The van der Waals surface area contributed by atoms with Crippen molar-refractivity contribution < 1.29 is 0 Å². The van der Waals surface area contributed by atoms with Crippen LogP contribution in [0, 0.1) is 5.92 Å². The lowest BCUT2D eigenvalue weighted by atomic mass is 9.90. The summed E-state index contributed by atoms with van der Waals surface area (Å²) in [7, 11) is 4.10. The molecule has 2 aromatic rings. The zero-order valence-corrected chi connectivity index (χ0v) is 14.1. The maximum Gasteiger partial charge on any atom is 0.127 e. The van der Waals surface area contributed by atoms with Crippen molar-refractivity contribution in [3.8, 4) is 0 Å². The molecule has 2 heterocycles. The van der Waals surface area contributed by atoms with Gasteiger partial charge in [0.25, 0.3) is 0 Å². The largest absolute Gasteiger partial charge is 0.378 e. The number of hydrogen-bond acceptors (Lipinski definition) is 5. The van der Waals surface area contributed by atoms with E-state index in [1.54, 1.807) is 0 Å². The first kappa shape index (κ1) is 14.9. The molecule has 0 spiro atoms. The Hall–Kier alpha value is -2.66. The predicted octanol–water partition coefficient (Wildman–Crippen LogP) is 3.35. The number of hydrogen-bond donors (Lipinski definition) is 2. The van der Waals surface area contributed by atoms with E-state index in [0.29, 0.717) is 0 Å². The van der Waals surface area contributed by atoms with E-state index in [1.807, 2.05) is 24.3 Å². The van der Waals surface area contributed by atoms with Crippen LogP contribution in [-0.2, 0) is 0 Å². The molecule has 0 radical (unpaired) electrons. The molecule has 5 heteroatoms. The molecule has 2 aromatic carbocycles. The molecule has 5 nitrogen and oxygen atoms in total. The molecule has 1 saturated heterocycles. The maximum absolute atomic E-state index is 4.82. The third-order valence-corrected chi connectivity index (χ3v) is 4.62. The van der Waals surface area contributed by atoms with Gasteiger partial charge in [-0.1, -0.05) is 24.3 Å². The van der Waals surface area contributed by atoms with Gasteiger partial charge >= 0.3 is 0 Å². The van der Waals surface area contributed by atoms with Gasteiger partial charge < -0.3 is 10.3 Å². The van der Waals surface area contributed by atoms with Crippen molar-refractivity contribution in [3.05, 3.63) is 54.1 Å². The first-order valence-electron chi connectivity index (χ1n) is 8.15. The topological polar surface area (TPSA) is 52.0 Å². The number of amidine groups is 1. The van der Waals surface area contributed by atoms with Crippen molar-refractivity contribution in [2.45, 2.75) is 13.0 Å². The lowest BCUT2D eigenvalue weighted by molar-refractivity contribution is 0.552. The van der Waals surface area contributed by atoms with E-state index in [1.165, 1.54) is 11.3 Å². The van der Waals surface area contributed by atoms with Gasteiger partial charge in [-0.15, -0.1) is 0 Å². The highest BCUT2D eigenvalue weighted by atomic mass is 15.4. The smallest absolute Gasteiger partial charge is 0.127 e. The molecule has 0 bridgehead atoms. The molecule has 24 heavy (non-hydrogen) atoms. The quantitative estimate of drug-likeness (QED) is 0.892. The third kappa shape index (κ3) is 2.47. The van der Waals surface area contributed by atoms with E-state index >= 15 is 0 Å². The SMILES string of the molecule is CC1=Nc2ccccc2N=C2NNC(c3ccc(N(C)C)cc3)C12. The van der Waals surface area contributed by atoms with Gasteiger partial charge in [-0.05, 0) is 36.8 Å². The first-order valence-corrected chi connectivity index (χ1v) is 8.15.